The lowest BCUT2D eigenvalue weighted by Gasteiger charge is -2.32. The third-order valence-corrected chi connectivity index (χ3v) is 4.10. The van der Waals surface area contributed by atoms with E-state index < -0.39 is 0 Å². The molecule has 6 heteroatoms. The van der Waals surface area contributed by atoms with Crippen molar-refractivity contribution in [3.63, 3.8) is 0 Å². The van der Waals surface area contributed by atoms with E-state index in [0.29, 0.717) is 24.2 Å². The number of amides is 1. The summed E-state index contributed by atoms with van der Waals surface area (Å²) in [5.74, 6) is 2.82. The molecule has 0 aliphatic carbocycles. The Morgan fingerprint density at radius 3 is 2.78 bits per heavy atom. The van der Waals surface area contributed by atoms with Gasteiger partial charge in [0, 0.05) is 38.8 Å². The van der Waals surface area contributed by atoms with E-state index in [-0.39, 0.29) is 5.91 Å². The van der Waals surface area contributed by atoms with Gasteiger partial charge in [-0.1, -0.05) is 13.8 Å². The van der Waals surface area contributed by atoms with E-state index >= 15 is 0 Å². The van der Waals surface area contributed by atoms with Crippen LogP contribution in [0.2, 0.25) is 0 Å². The Hall–Kier alpha value is -1.85. The molecule has 1 amide bonds. The molecule has 0 bridgehead atoms. The highest BCUT2D eigenvalue weighted by atomic mass is 16.1. The predicted molar refractivity (Wildman–Crippen MR) is 93.6 cm³/mol. The summed E-state index contributed by atoms with van der Waals surface area (Å²) in [6, 6.07) is 1.95. The zero-order valence-electron chi connectivity index (χ0n) is 14.5. The number of carbonyl (C=O) groups is 1. The van der Waals surface area contributed by atoms with Gasteiger partial charge in [0.25, 0.3) is 0 Å². The Kier molecular flexibility index (Phi) is 6.62. The van der Waals surface area contributed by atoms with Crippen LogP contribution in [0, 0.1) is 11.8 Å². The van der Waals surface area contributed by atoms with Crippen molar-refractivity contribution in [3.05, 3.63) is 12.3 Å². The van der Waals surface area contributed by atoms with Crippen molar-refractivity contribution in [2.45, 2.75) is 40.0 Å². The number of hydrogen-bond acceptors (Lipinski definition) is 5. The largest absolute Gasteiger partial charge is 0.356 e. The highest BCUT2D eigenvalue weighted by Crippen LogP contribution is 2.24. The molecular formula is C17H29N5O. The number of carbonyl (C=O) groups excluding carboxylic acids is 1. The maximum Gasteiger partial charge on any atom is 0.224 e. The quantitative estimate of drug-likeness (QED) is 0.807. The Balaban J connectivity index is 1.79. The standard InChI is InChI=1S/C17H29N5O/c1-4-18-17-19-8-5-15(21-17)22-9-6-14(7-10-22)11-16(23)20-12-13(2)3/h5,8,13-14H,4,6-7,9-12H2,1-3H3,(H,20,23)(H,18,19,21). The van der Waals surface area contributed by atoms with E-state index in [2.05, 4.69) is 39.3 Å². The minimum atomic E-state index is 0.189. The maximum atomic E-state index is 11.9. The smallest absolute Gasteiger partial charge is 0.224 e. The lowest BCUT2D eigenvalue weighted by atomic mass is 9.93. The van der Waals surface area contributed by atoms with Crippen molar-refractivity contribution in [2.75, 3.05) is 36.4 Å². The van der Waals surface area contributed by atoms with Gasteiger partial charge >= 0.3 is 0 Å². The van der Waals surface area contributed by atoms with Gasteiger partial charge in [0.05, 0.1) is 0 Å². The molecule has 2 N–H and O–H groups in total. The summed E-state index contributed by atoms with van der Waals surface area (Å²) in [4.78, 5) is 23.0. The molecule has 2 heterocycles. The number of anilines is 2. The first kappa shape index (κ1) is 17.5. The van der Waals surface area contributed by atoms with Crippen molar-refractivity contribution in [2.24, 2.45) is 11.8 Å². The van der Waals surface area contributed by atoms with Crippen LogP contribution in [0.4, 0.5) is 11.8 Å². The average molecular weight is 319 g/mol. The molecule has 23 heavy (non-hydrogen) atoms. The van der Waals surface area contributed by atoms with Crippen molar-refractivity contribution >= 4 is 17.7 Å². The van der Waals surface area contributed by atoms with E-state index in [1.54, 1.807) is 6.20 Å². The highest BCUT2D eigenvalue weighted by Gasteiger charge is 2.22. The van der Waals surface area contributed by atoms with Gasteiger partial charge in [-0.3, -0.25) is 4.79 Å². The van der Waals surface area contributed by atoms with Gasteiger partial charge in [0.1, 0.15) is 5.82 Å². The van der Waals surface area contributed by atoms with Crippen molar-refractivity contribution in [1.29, 1.82) is 0 Å². The van der Waals surface area contributed by atoms with Crippen molar-refractivity contribution < 1.29 is 4.79 Å². The second kappa shape index (κ2) is 8.70. The third-order valence-electron chi connectivity index (χ3n) is 4.10. The summed E-state index contributed by atoms with van der Waals surface area (Å²) >= 11 is 0. The fourth-order valence-corrected chi connectivity index (χ4v) is 2.79. The van der Waals surface area contributed by atoms with E-state index in [4.69, 9.17) is 0 Å². The monoisotopic (exact) mass is 319 g/mol. The molecule has 1 saturated heterocycles. The molecule has 0 saturated carbocycles. The summed E-state index contributed by atoms with van der Waals surface area (Å²) in [5, 5.41) is 6.16. The molecule has 0 aromatic carbocycles. The summed E-state index contributed by atoms with van der Waals surface area (Å²) < 4.78 is 0. The van der Waals surface area contributed by atoms with E-state index in [1.807, 2.05) is 13.0 Å². The first-order chi connectivity index (χ1) is 11.1. The first-order valence-corrected chi connectivity index (χ1v) is 8.67. The SMILES string of the molecule is CCNc1nccc(N2CCC(CC(=O)NCC(C)C)CC2)n1. The minimum Gasteiger partial charge on any atom is -0.356 e. The second-order valence-corrected chi connectivity index (χ2v) is 6.60. The third kappa shape index (κ3) is 5.69. The number of hydrogen-bond donors (Lipinski definition) is 2. The average Bonchev–Trinajstić information content (AvgIpc) is 2.54. The number of nitrogens with one attached hydrogen (secondary N) is 2. The molecule has 2 rings (SSSR count). The number of rotatable bonds is 7. The lowest BCUT2D eigenvalue weighted by Crippen LogP contribution is -2.37. The van der Waals surface area contributed by atoms with Crippen LogP contribution < -0.4 is 15.5 Å². The van der Waals surface area contributed by atoms with Crippen LogP contribution in [0.1, 0.15) is 40.0 Å². The minimum absolute atomic E-state index is 0.189. The normalized spacial score (nSPS) is 15.7. The molecule has 128 valence electrons. The van der Waals surface area contributed by atoms with Gasteiger partial charge in [-0.25, -0.2) is 4.98 Å². The van der Waals surface area contributed by atoms with Crippen molar-refractivity contribution in [3.8, 4) is 0 Å². The lowest BCUT2D eigenvalue weighted by molar-refractivity contribution is -0.122. The summed E-state index contributed by atoms with van der Waals surface area (Å²) in [6.45, 7) is 9.74. The number of piperidine rings is 1. The zero-order chi connectivity index (χ0) is 16.7. The van der Waals surface area contributed by atoms with E-state index in [1.165, 1.54) is 0 Å². The maximum absolute atomic E-state index is 11.9. The molecule has 1 aromatic heterocycles. The first-order valence-electron chi connectivity index (χ1n) is 8.67. The van der Waals surface area contributed by atoms with Crippen LogP contribution >= 0.6 is 0 Å². The Labute approximate surface area is 139 Å². The van der Waals surface area contributed by atoms with E-state index in [9.17, 15) is 4.79 Å². The number of nitrogens with zero attached hydrogens (tertiary/aromatic N) is 3. The van der Waals surface area contributed by atoms with Gasteiger partial charge in [-0.05, 0) is 37.7 Å². The Bertz CT molecular complexity index is 498. The Morgan fingerprint density at radius 2 is 2.13 bits per heavy atom. The van der Waals surface area contributed by atoms with Crippen LogP contribution in [-0.2, 0) is 4.79 Å². The van der Waals surface area contributed by atoms with Gasteiger partial charge in [0.15, 0.2) is 0 Å². The molecule has 0 radical (unpaired) electrons. The number of aromatic nitrogens is 2. The fraction of sp³-hybridized carbons (Fsp3) is 0.706. The van der Waals surface area contributed by atoms with Crippen LogP contribution in [-0.4, -0.2) is 42.1 Å². The summed E-state index contributed by atoms with van der Waals surface area (Å²) in [5.41, 5.74) is 0. The second-order valence-electron chi connectivity index (χ2n) is 6.60. The fourth-order valence-electron chi connectivity index (χ4n) is 2.79. The molecular weight excluding hydrogens is 290 g/mol. The molecule has 1 aromatic rings. The summed E-state index contributed by atoms with van der Waals surface area (Å²) in [6.07, 6.45) is 4.52. The topological polar surface area (TPSA) is 70.2 Å². The molecule has 0 spiro atoms. The molecule has 1 aliphatic rings. The molecule has 0 unspecified atom stereocenters. The van der Waals surface area contributed by atoms with Crippen LogP contribution in [0.3, 0.4) is 0 Å². The van der Waals surface area contributed by atoms with Gasteiger partial charge < -0.3 is 15.5 Å². The van der Waals surface area contributed by atoms with Gasteiger partial charge in [-0.15, -0.1) is 0 Å². The van der Waals surface area contributed by atoms with Crippen LogP contribution in [0.5, 0.6) is 0 Å². The predicted octanol–water partition coefficient (Wildman–Crippen LogP) is 2.29. The zero-order valence-corrected chi connectivity index (χ0v) is 14.5. The Morgan fingerprint density at radius 1 is 1.39 bits per heavy atom. The summed E-state index contributed by atoms with van der Waals surface area (Å²) in [7, 11) is 0. The molecule has 1 aliphatic heterocycles. The van der Waals surface area contributed by atoms with Crippen LogP contribution in [0.15, 0.2) is 12.3 Å². The molecule has 0 atom stereocenters. The van der Waals surface area contributed by atoms with Gasteiger partial charge in [0.2, 0.25) is 11.9 Å². The van der Waals surface area contributed by atoms with Crippen LogP contribution in [0.25, 0.3) is 0 Å². The van der Waals surface area contributed by atoms with E-state index in [0.717, 1.165) is 44.8 Å². The molecule has 1 fully saturated rings. The highest BCUT2D eigenvalue weighted by molar-refractivity contribution is 5.76. The van der Waals surface area contributed by atoms with Crippen molar-refractivity contribution in [1.82, 2.24) is 15.3 Å². The molecule has 6 nitrogen and oxygen atoms in total. The van der Waals surface area contributed by atoms with Gasteiger partial charge in [-0.2, -0.15) is 4.98 Å².